The normalized spacial score (nSPS) is 20.3. The summed E-state index contributed by atoms with van der Waals surface area (Å²) in [5, 5.41) is 3.43. The Morgan fingerprint density at radius 1 is 1.27 bits per heavy atom. The molecule has 0 aliphatic carbocycles. The third-order valence-corrected chi connectivity index (χ3v) is 3.49. The van der Waals surface area contributed by atoms with Crippen LogP contribution in [0.5, 0.6) is 0 Å². The highest BCUT2D eigenvalue weighted by Crippen LogP contribution is 2.25. The molecule has 2 nitrogen and oxygen atoms in total. The molecule has 1 fully saturated rings. The maximum atomic E-state index is 3.43. The molecule has 1 saturated heterocycles. The molecule has 0 amide bonds. The summed E-state index contributed by atoms with van der Waals surface area (Å²) in [6, 6.07) is 0.445. The molecule has 1 N–H and O–H groups in total. The van der Waals surface area contributed by atoms with Gasteiger partial charge < -0.3 is 5.32 Å². The topological polar surface area (TPSA) is 15.3 Å². The van der Waals surface area contributed by atoms with Gasteiger partial charge in [-0.3, -0.25) is 4.90 Å². The summed E-state index contributed by atoms with van der Waals surface area (Å²) in [5.41, 5.74) is 1.62. The van der Waals surface area contributed by atoms with Crippen molar-refractivity contribution in [1.29, 1.82) is 0 Å². The maximum absolute atomic E-state index is 3.43. The van der Waals surface area contributed by atoms with Crippen molar-refractivity contribution in [1.82, 2.24) is 10.2 Å². The van der Waals surface area contributed by atoms with E-state index < -0.39 is 0 Å². The van der Waals surface area contributed by atoms with Gasteiger partial charge in [-0.2, -0.15) is 0 Å². The molecule has 1 aliphatic heterocycles. The fourth-order valence-electron chi connectivity index (χ4n) is 2.46. The average Bonchev–Trinajstić information content (AvgIpc) is 2.66. The average molecular weight is 210 g/mol. The van der Waals surface area contributed by atoms with E-state index >= 15 is 0 Å². The number of likely N-dealkylation sites (N-methyl/N-ethyl adjacent to an activating group) is 1. The highest BCUT2D eigenvalue weighted by Gasteiger charge is 2.34. The highest BCUT2D eigenvalue weighted by molar-refractivity contribution is 5.10. The second-order valence-corrected chi connectivity index (χ2v) is 5.36. The first-order valence-corrected chi connectivity index (χ1v) is 6.06. The minimum atomic E-state index is 0.225. The molecule has 0 radical (unpaired) electrons. The van der Waals surface area contributed by atoms with Gasteiger partial charge in [0.05, 0.1) is 0 Å². The van der Waals surface area contributed by atoms with Crippen molar-refractivity contribution in [3.8, 4) is 0 Å². The van der Waals surface area contributed by atoms with E-state index in [2.05, 4.69) is 51.0 Å². The van der Waals surface area contributed by atoms with Gasteiger partial charge in [0.1, 0.15) is 0 Å². The summed E-state index contributed by atoms with van der Waals surface area (Å²) < 4.78 is 0. The Kier molecular flexibility index (Phi) is 4.35. The van der Waals surface area contributed by atoms with Gasteiger partial charge in [0.25, 0.3) is 0 Å². The van der Waals surface area contributed by atoms with Crippen LogP contribution in [0, 0.1) is 0 Å². The van der Waals surface area contributed by atoms with Gasteiger partial charge in [0, 0.05) is 11.6 Å². The van der Waals surface area contributed by atoms with E-state index in [0.717, 1.165) is 0 Å². The maximum Gasteiger partial charge on any atom is 0.0431 e. The van der Waals surface area contributed by atoms with Crippen LogP contribution in [0.2, 0.25) is 0 Å². The van der Waals surface area contributed by atoms with Crippen LogP contribution in [-0.2, 0) is 0 Å². The molecule has 0 bridgehead atoms. The third kappa shape index (κ3) is 3.05. The summed E-state index contributed by atoms with van der Waals surface area (Å²) >= 11 is 0. The molecule has 1 rings (SSSR count). The second kappa shape index (κ2) is 5.13. The van der Waals surface area contributed by atoms with Crippen LogP contribution in [0.25, 0.3) is 0 Å². The van der Waals surface area contributed by atoms with Crippen molar-refractivity contribution in [2.24, 2.45) is 0 Å². The van der Waals surface area contributed by atoms with Crippen molar-refractivity contribution in [2.75, 3.05) is 20.1 Å². The number of rotatable bonds is 4. The van der Waals surface area contributed by atoms with Crippen molar-refractivity contribution in [2.45, 2.75) is 52.1 Å². The van der Waals surface area contributed by atoms with E-state index in [-0.39, 0.29) is 5.54 Å². The lowest BCUT2D eigenvalue weighted by atomic mass is 9.91. The lowest BCUT2D eigenvalue weighted by Crippen LogP contribution is -2.55. The summed E-state index contributed by atoms with van der Waals surface area (Å²) in [6.07, 6.45) is 5.06. The zero-order chi connectivity index (χ0) is 11.5. The van der Waals surface area contributed by atoms with Gasteiger partial charge >= 0.3 is 0 Å². The van der Waals surface area contributed by atoms with Crippen molar-refractivity contribution >= 4 is 0 Å². The zero-order valence-corrected chi connectivity index (χ0v) is 10.9. The summed E-state index contributed by atoms with van der Waals surface area (Å²) in [5.74, 6) is 0. The van der Waals surface area contributed by atoms with Gasteiger partial charge in [-0.05, 0) is 60.7 Å². The Morgan fingerprint density at radius 3 is 2.20 bits per heavy atom. The van der Waals surface area contributed by atoms with Crippen LogP contribution in [0.15, 0.2) is 11.6 Å². The minimum Gasteiger partial charge on any atom is -0.312 e. The SMILES string of the molecule is CNC(C=C(C)C)C(C)(C)N1CCCC1. The molecule has 1 aliphatic rings. The van der Waals surface area contributed by atoms with E-state index in [4.69, 9.17) is 0 Å². The molecule has 1 heterocycles. The lowest BCUT2D eigenvalue weighted by Gasteiger charge is -2.41. The molecule has 0 aromatic heterocycles. The Hall–Kier alpha value is -0.340. The number of hydrogen-bond acceptors (Lipinski definition) is 2. The van der Waals surface area contributed by atoms with E-state index in [0.29, 0.717) is 6.04 Å². The Labute approximate surface area is 94.7 Å². The molecule has 0 spiro atoms. The number of allylic oxidation sites excluding steroid dienone is 1. The number of nitrogens with one attached hydrogen (secondary N) is 1. The van der Waals surface area contributed by atoms with E-state index in [9.17, 15) is 0 Å². The summed E-state index contributed by atoms with van der Waals surface area (Å²) in [6.45, 7) is 11.5. The third-order valence-electron chi connectivity index (χ3n) is 3.49. The minimum absolute atomic E-state index is 0.225. The first-order chi connectivity index (χ1) is 6.98. The summed E-state index contributed by atoms with van der Waals surface area (Å²) in [4.78, 5) is 2.60. The van der Waals surface area contributed by atoms with E-state index in [1.54, 1.807) is 0 Å². The van der Waals surface area contributed by atoms with Crippen LogP contribution in [0.3, 0.4) is 0 Å². The highest BCUT2D eigenvalue weighted by atomic mass is 15.2. The van der Waals surface area contributed by atoms with Gasteiger partial charge in [-0.25, -0.2) is 0 Å². The molecule has 1 atom stereocenters. The molecule has 88 valence electrons. The smallest absolute Gasteiger partial charge is 0.0431 e. The fourth-order valence-corrected chi connectivity index (χ4v) is 2.46. The monoisotopic (exact) mass is 210 g/mol. The molecule has 2 heteroatoms. The van der Waals surface area contributed by atoms with Crippen LogP contribution in [0.1, 0.15) is 40.5 Å². The van der Waals surface area contributed by atoms with E-state index in [1.807, 2.05) is 0 Å². The molecule has 1 unspecified atom stereocenters. The van der Waals surface area contributed by atoms with Crippen LogP contribution < -0.4 is 5.32 Å². The summed E-state index contributed by atoms with van der Waals surface area (Å²) in [7, 11) is 2.06. The predicted molar refractivity (Wildman–Crippen MR) is 67.2 cm³/mol. The molecular weight excluding hydrogens is 184 g/mol. The van der Waals surface area contributed by atoms with Gasteiger partial charge in [-0.15, -0.1) is 0 Å². The Morgan fingerprint density at radius 2 is 1.80 bits per heavy atom. The van der Waals surface area contributed by atoms with Crippen LogP contribution in [0.4, 0.5) is 0 Å². The van der Waals surface area contributed by atoms with Crippen LogP contribution in [-0.4, -0.2) is 36.6 Å². The molecular formula is C13H26N2. The van der Waals surface area contributed by atoms with Gasteiger partial charge in [0.15, 0.2) is 0 Å². The number of hydrogen-bond donors (Lipinski definition) is 1. The lowest BCUT2D eigenvalue weighted by molar-refractivity contribution is 0.128. The molecule has 0 aromatic rings. The van der Waals surface area contributed by atoms with Gasteiger partial charge in [0.2, 0.25) is 0 Å². The van der Waals surface area contributed by atoms with Gasteiger partial charge in [-0.1, -0.05) is 11.6 Å². The van der Waals surface area contributed by atoms with E-state index in [1.165, 1.54) is 31.5 Å². The standard InChI is InChI=1S/C13H26N2/c1-11(2)10-12(14-5)13(3,4)15-8-6-7-9-15/h10,12,14H,6-9H2,1-5H3. The van der Waals surface area contributed by atoms with Crippen LogP contribution >= 0.6 is 0 Å². The molecule has 15 heavy (non-hydrogen) atoms. The number of likely N-dealkylation sites (tertiary alicyclic amines) is 1. The Balaban J connectivity index is 2.75. The quantitative estimate of drug-likeness (QED) is 0.717. The first-order valence-electron chi connectivity index (χ1n) is 6.06. The van der Waals surface area contributed by atoms with Crippen molar-refractivity contribution in [3.63, 3.8) is 0 Å². The fraction of sp³-hybridized carbons (Fsp3) is 0.846. The Bertz CT molecular complexity index is 221. The molecule has 0 saturated carbocycles. The largest absolute Gasteiger partial charge is 0.312 e. The van der Waals surface area contributed by atoms with Crippen molar-refractivity contribution in [3.05, 3.63) is 11.6 Å². The molecule has 0 aromatic carbocycles. The second-order valence-electron chi connectivity index (χ2n) is 5.36. The first kappa shape index (κ1) is 12.7. The zero-order valence-electron chi connectivity index (χ0n) is 10.9. The van der Waals surface area contributed by atoms with Crippen molar-refractivity contribution < 1.29 is 0 Å². The predicted octanol–water partition coefficient (Wildman–Crippen LogP) is 2.42. The number of nitrogens with zero attached hydrogens (tertiary/aromatic N) is 1.